The van der Waals surface area contributed by atoms with Crippen LogP contribution in [0.2, 0.25) is 0 Å². The lowest BCUT2D eigenvalue weighted by Crippen LogP contribution is -2.36. The molecule has 6 nitrogen and oxygen atoms in total. The predicted molar refractivity (Wildman–Crippen MR) is 62.2 cm³/mol. The second-order valence-corrected chi connectivity index (χ2v) is 4.15. The van der Waals surface area contributed by atoms with Gasteiger partial charge in [0.15, 0.2) is 0 Å². The number of aromatic hydroxyl groups is 1. The average molecular weight is 238 g/mol. The van der Waals surface area contributed by atoms with Gasteiger partial charge < -0.3 is 15.1 Å². The van der Waals surface area contributed by atoms with Crippen molar-refractivity contribution in [1.29, 1.82) is 0 Å². The van der Waals surface area contributed by atoms with E-state index in [1.807, 2.05) is 4.90 Å². The number of hydrogen-bond acceptors (Lipinski definition) is 5. The number of nitro groups is 1. The van der Waals surface area contributed by atoms with E-state index in [4.69, 9.17) is 0 Å². The van der Waals surface area contributed by atoms with Gasteiger partial charge in [0, 0.05) is 25.2 Å². The molecule has 0 atom stereocenters. The van der Waals surface area contributed by atoms with Crippen LogP contribution in [0.15, 0.2) is 18.2 Å². The molecule has 1 aromatic rings. The Hall–Kier alpha value is -1.82. The molecule has 0 unspecified atom stereocenters. The molecule has 2 rings (SSSR count). The number of piperidine rings is 1. The number of anilines is 1. The maximum Gasteiger partial charge on any atom is 0.292 e. The van der Waals surface area contributed by atoms with E-state index in [1.54, 1.807) is 0 Å². The first-order valence-corrected chi connectivity index (χ1v) is 5.48. The molecule has 1 fully saturated rings. The van der Waals surface area contributed by atoms with E-state index in [-0.39, 0.29) is 17.5 Å². The lowest BCUT2D eigenvalue weighted by atomic mass is 10.1. The largest absolute Gasteiger partial charge is 0.508 e. The van der Waals surface area contributed by atoms with Crippen molar-refractivity contribution in [3.8, 4) is 5.75 Å². The Kier molecular flexibility index (Phi) is 3.14. The molecule has 0 aliphatic carbocycles. The summed E-state index contributed by atoms with van der Waals surface area (Å²) in [5.41, 5.74) is 0.404. The van der Waals surface area contributed by atoms with Gasteiger partial charge in [-0.3, -0.25) is 10.1 Å². The summed E-state index contributed by atoms with van der Waals surface area (Å²) in [4.78, 5) is 12.3. The fourth-order valence-electron chi connectivity index (χ4n) is 2.03. The van der Waals surface area contributed by atoms with Gasteiger partial charge in [0.2, 0.25) is 0 Å². The topological polar surface area (TPSA) is 86.8 Å². The van der Waals surface area contributed by atoms with Crippen LogP contribution in [0.25, 0.3) is 0 Å². The van der Waals surface area contributed by atoms with Gasteiger partial charge >= 0.3 is 0 Å². The Balaban J connectivity index is 2.30. The first-order chi connectivity index (χ1) is 8.08. The molecule has 0 bridgehead atoms. The Bertz CT molecular complexity index is 427. The zero-order valence-corrected chi connectivity index (χ0v) is 9.24. The van der Waals surface area contributed by atoms with Gasteiger partial charge in [-0.05, 0) is 18.9 Å². The van der Waals surface area contributed by atoms with Crippen molar-refractivity contribution in [3.63, 3.8) is 0 Å². The molecule has 0 aromatic heterocycles. The van der Waals surface area contributed by atoms with E-state index >= 15 is 0 Å². The summed E-state index contributed by atoms with van der Waals surface area (Å²) < 4.78 is 0. The molecular weight excluding hydrogens is 224 g/mol. The zero-order valence-electron chi connectivity index (χ0n) is 9.24. The minimum atomic E-state index is -0.459. The summed E-state index contributed by atoms with van der Waals surface area (Å²) in [5, 5.41) is 29.7. The molecule has 1 aromatic carbocycles. The highest BCUT2D eigenvalue weighted by Gasteiger charge is 2.24. The number of aliphatic hydroxyl groups is 1. The van der Waals surface area contributed by atoms with E-state index in [9.17, 15) is 20.3 Å². The van der Waals surface area contributed by atoms with Gasteiger partial charge in [-0.25, -0.2) is 0 Å². The molecule has 0 amide bonds. The number of nitro benzene ring substituents is 1. The van der Waals surface area contributed by atoms with Gasteiger partial charge in [-0.15, -0.1) is 0 Å². The van der Waals surface area contributed by atoms with E-state index in [0.717, 1.165) is 0 Å². The Morgan fingerprint density at radius 1 is 1.35 bits per heavy atom. The Morgan fingerprint density at radius 3 is 2.59 bits per heavy atom. The van der Waals surface area contributed by atoms with Gasteiger partial charge in [0.1, 0.15) is 11.4 Å². The lowest BCUT2D eigenvalue weighted by Gasteiger charge is -2.31. The molecule has 1 aliphatic rings. The zero-order chi connectivity index (χ0) is 12.4. The maximum atomic E-state index is 10.9. The predicted octanol–water partition coefficient (Wildman–Crippen LogP) is 1.26. The number of phenols is 1. The Morgan fingerprint density at radius 2 is 2.00 bits per heavy atom. The van der Waals surface area contributed by atoms with Crippen molar-refractivity contribution < 1.29 is 15.1 Å². The second kappa shape index (κ2) is 4.58. The molecular formula is C11H14N2O4. The smallest absolute Gasteiger partial charge is 0.292 e. The number of nitrogens with zero attached hydrogens (tertiary/aromatic N) is 2. The van der Waals surface area contributed by atoms with Gasteiger partial charge in [-0.2, -0.15) is 0 Å². The number of hydrogen-bond donors (Lipinski definition) is 2. The highest BCUT2D eigenvalue weighted by atomic mass is 16.6. The lowest BCUT2D eigenvalue weighted by molar-refractivity contribution is -0.384. The molecule has 17 heavy (non-hydrogen) atoms. The van der Waals surface area contributed by atoms with Crippen molar-refractivity contribution in [2.24, 2.45) is 0 Å². The van der Waals surface area contributed by atoms with E-state index in [1.165, 1.54) is 18.2 Å². The van der Waals surface area contributed by atoms with Crippen LogP contribution >= 0.6 is 0 Å². The normalized spacial score (nSPS) is 17.1. The fourth-order valence-corrected chi connectivity index (χ4v) is 2.03. The third kappa shape index (κ3) is 2.47. The van der Waals surface area contributed by atoms with Crippen molar-refractivity contribution in [3.05, 3.63) is 28.3 Å². The minimum absolute atomic E-state index is 0.0109. The van der Waals surface area contributed by atoms with Crippen molar-refractivity contribution >= 4 is 11.4 Å². The summed E-state index contributed by atoms with van der Waals surface area (Å²) in [5.74, 6) is 0.0109. The van der Waals surface area contributed by atoms with Gasteiger partial charge in [0.25, 0.3) is 5.69 Å². The van der Waals surface area contributed by atoms with Gasteiger partial charge in [-0.1, -0.05) is 0 Å². The van der Waals surface area contributed by atoms with Crippen molar-refractivity contribution in [2.45, 2.75) is 18.9 Å². The third-order valence-corrected chi connectivity index (χ3v) is 2.96. The molecule has 2 N–H and O–H groups in total. The second-order valence-electron chi connectivity index (χ2n) is 4.15. The molecule has 1 aliphatic heterocycles. The highest BCUT2D eigenvalue weighted by Crippen LogP contribution is 2.33. The van der Waals surface area contributed by atoms with Crippen LogP contribution in [0.3, 0.4) is 0 Å². The number of benzene rings is 1. The number of aliphatic hydroxyl groups excluding tert-OH is 1. The van der Waals surface area contributed by atoms with E-state index in [2.05, 4.69) is 0 Å². The van der Waals surface area contributed by atoms with Crippen LogP contribution in [0.4, 0.5) is 11.4 Å². The van der Waals surface area contributed by atoms with Gasteiger partial charge in [0.05, 0.1) is 11.0 Å². The van der Waals surface area contributed by atoms with Crippen molar-refractivity contribution in [2.75, 3.05) is 18.0 Å². The fraction of sp³-hybridized carbons (Fsp3) is 0.455. The highest BCUT2D eigenvalue weighted by molar-refractivity contribution is 5.65. The quantitative estimate of drug-likeness (QED) is 0.598. The van der Waals surface area contributed by atoms with Crippen LogP contribution in [0.5, 0.6) is 5.75 Å². The first kappa shape index (κ1) is 11.7. The summed E-state index contributed by atoms with van der Waals surface area (Å²) >= 11 is 0. The average Bonchev–Trinajstić information content (AvgIpc) is 2.29. The molecule has 1 heterocycles. The molecule has 0 radical (unpaired) electrons. The monoisotopic (exact) mass is 238 g/mol. The molecule has 0 spiro atoms. The van der Waals surface area contributed by atoms with E-state index < -0.39 is 4.92 Å². The molecule has 1 saturated heterocycles. The van der Waals surface area contributed by atoms with Crippen LogP contribution in [0, 0.1) is 10.1 Å². The van der Waals surface area contributed by atoms with Crippen LogP contribution < -0.4 is 4.90 Å². The maximum absolute atomic E-state index is 10.9. The van der Waals surface area contributed by atoms with Crippen LogP contribution in [-0.2, 0) is 0 Å². The molecule has 0 saturated carbocycles. The van der Waals surface area contributed by atoms with E-state index in [0.29, 0.717) is 31.6 Å². The summed E-state index contributed by atoms with van der Waals surface area (Å²) in [6, 6.07) is 4.01. The minimum Gasteiger partial charge on any atom is -0.508 e. The summed E-state index contributed by atoms with van der Waals surface area (Å²) in [6.45, 7) is 1.12. The van der Waals surface area contributed by atoms with Crippen molar-refractivity contribution in [1.82, 2.24) is 0 Å². The number of rotatable bonds is 2. The SMILES string of the molecule is O=[N+]([O-])c1ccc(O)cc1N1CCC(O)CC1. The summed E-state index contributed by atoms with van der Waals surface area (Å²) in [6.07, 6.45) is 0.849. The Labute approximate surface area is 98.3 Å². The van der Waals surface area contributed by atoms with Crippen LogP contribution in [-0.4, -0.2) is 34.3 Å². The standard InChI is InChI=1S/C11H14N2O4/c14-8-3-5-12(6-4-8)11-7-9(15)1-2-10(11)13(16)17/h1-2,7-8,14-15H,3-6H2. The van der Waals surface area contributed by atoms with Crippen LogP contribution in [0.1, 0.15) is 12.8 Å². The molecule has 92 valence electrons. The molecule has 6 heteroatoms. The first-order valence-electron chi connectivity index (χ1n) is 5.48. The third-order valence-electron chi connectivity index (χ3n) is 2.96. The summed E-state index contributed by atoms with van der Waals surface area (Å²) in [7, 11) is 0. The number of phenolic OH excluding ortho intramolecular Hbond substituents is 1.